The highest BCUT2D eigenvalue weighted by molar-refractivity contribution is 5.75. The lowest BCUT2D eigenvalue weighted by molar-refractivity contribution is 0.167. The number of carbonyl (C=O) groups is 1. The molecule has 5 nitrogen and oxygen atoms in total. The molecule has 1 fully saturated rings. The van der Waals surface area contributed by atoms with Crippen LogP contribution in [0, 0.1) is 6.92 Å². The van der Waals surface area contributed by atoms with Crippen molar-refractivity contribution in [3.05, 3.63) is 59.2 Å². The lowest BCUT2D eigenvalue weighted by atomic mass is 9.74. The van der Waals surface area contributed by atoms with Crippen molar-refractivity contribution in [1.29, 1.82) is 0 Å². The molecule has 1 aromatic heterocycles. The van der Waals surface area contributed by atoms with Gasteiger partial charge in [0.05, 0.1) is 6.04 Å². The molecule has 0 radical (unpaired) electrons. The van der Waals surface area contributed by atoms with Crippen LogP contribution < -0.4 is 5.32 Å². The van der Waals surface area contributed by atoms with Gasteiger partial charge in [-0.15, -0.1) is 0 Å². The average Bonchev–Trinajstić information content (AvgIpc) is 3.21. The van der Waals surface area contributed by atoms with E-state index in [1.165, 1.54) is 11.1 Å². The molecule has 1 saturated heterocycles. The molecule has 130 valence electrons. The van der Waals surface area contributed by atoms with Gasteiger partial charge >= 0.3 is 6.03 Å². The minimum Gasteiger partial charge on any atom is -0.344 e. The molecule has 2 aliphatic rings. The molecule has 4 rings (SSSR count). The van der Waals surface area contributed by atoms with Crippen LogP contribution in [0.1, 0.15) is 48.5 Å². The van der Waals surface area contributed by atoms with Gasteiger partial charge in [0, 0.05) is 30.4 Å². The summed E-state index contributed by atoms with van der Waals surface area (Å²) in [5, 5.41) is 3.05. The molecular formula is C20H24N4O. The van der Waals surface area contributed by atoms with Gasteiger partial charge < -0.3 is 15.2 Å². The number of nitrogens with zero attached hydrogens (tertiary/aromatic N) is 2. The number of nitrogens with one attached hydrogen (secondary N) is 2. The van der Waals surface area contributed by atoms with Crippen molar-refractivity contribution in [3.8, 4) is 0 Å². The molecule has 1 aliphatic carbocycles. The number of H-pyrrole nitrogens is 1. The van der Waals surface area contributed by atoms with Gasteiger partial charge in [-0.1, -0.05) is 36.4 Å². The molecule has 0 saturated carbocycles. The summed E-state index contributed by atoms with van der Waals surface area (Å²) in [6.45, 7) is 5.46. The van der Waals surface area contributed by atoms with E-state index in [4.69, 9.17) is 0 Å². The Morgan fingerprint density at radius 1 is 1.32 bits per heavy atom. The summed E-state index contributed by atoms with van der Waals surface area (Å²) in [7, 11) is 0. The molecule has 2 heterocycles. The fourth-order valence-electron chi connectivity index (χ4n) is 3.98. The first-order valence-corrected chi connectivity index (χ1v) is 8.93. The highest BCUT2D eigenvalue weighted by Gasteiger charge is 2.38. The van der Waals surface area contributed by atoms with Gasteiger partial charge in [0.25, 0.3) is 0 Å². The third-order valence-corrected chi connectivity index (χ3v) is 5.49. The largest absolute Gasteiger partial charge is 0.344 e. The molecule has 1 aliphatic heterocycles. The Balaban J connectivity index is 1.39. The van der Waals surface area contributed by atoms with E-state index in [1.807, 2.05) is 18.7 Å². The Kier molecular flexibility index (Phi) is 3.86. The number of imidazole rings is 1. The first kappa shape index (κ1) is 15.9. The maximum atomic E-state index is 12.6. The number of likely N-dealkylation sites (tertiary alicyclic amines) is 1. The number of allylic oxidation sites excluding steroid dienone is 1. The molecule has 25 heavy (non-hydrogen) atoms. The highest BCUT2D eigenvalue weighted by atomic mass is 16.2. The Bertz CT molecular complexity index is 815. The Morgan fingerprint density at radius 3 is 2.80 bits per heavy atom. The summed E-state index contributed by atoms with van der Waals surface area (Å²) >= 11 is 0. The Hall–Kier alpha value is -2.56. The number of carbonyl (C=O) groups excluding carboxylic acids is 1. The smallest absolute Gasteiger partial charge is 0.317 e. The van der Waals surface area contributed by atoms with E-state index in [2.05, 4.69) is 51.7 Å². The van der Waals surface area contributed by atoms with Crippen LogP contribution in [0.5, 0.6) is 0 Å². The van der Waals surface area contributed by atoms with E-state index in [0.717, 1.165) is 37.4 Å². The van der Waals surface area contributed by atoms with Crippen LogP contribution in [0.15, 0.2) is 36.5 Å². The van der Waals surface area contributed by atoms with E-state index in [9.17, 15) is 4.79 Å². The predicted octanol–water partition coefficient (Wildman–Crippen LogP) is 3.55. The number of aromatic amines is 1. The van der Waals surface area contributed by atoms with Gasteiger partial charge in [0.2, 0.25) is 0 Å². The zero-order chi connectivity index (χ0) is 17.4. The first-order chi connectivity index (χ1) is 12.1. The number of aromatic nitrogens is 2. The van der Waals surface area contributed by atoms with Gasteiger partial charge in [0.15, 0.2) is 0 Å². The molecule has 1 unspecified atom stereocenters. The molecule has 1 spiro atoms. The van der Waals surface area contributed by atoms with Crippen molar-refractivity contribution in [2.24, 2.45) is 0 Å². The molecule has 1 aromatic carbocycles. The molecule has 1 atom stereocenters. The fraction of sp³-hybridized carbons (Fsp3) is 0.400. The maximum absolute atomic E-state index is 12.6. The SMILES string of the molecule is Cc1cnc(C(C)NC(=O)N2CCC3(C=Cc4ccccc43)CC2)[nH]1. The standard InChI is InChI=1S/C20H24N4O/c1-14-13-21-18(22-14)15(2)23-19(25)24-11-9-20(10-12-24)8-7-16-5-3-4-6-17(16)20/h3-8,13,15H,9-12H2,1-2H3,(H,21,22)(H,23,25). The lowest BCUT2D eigenvalue weighted by Gasteiger charge is -2.39. The van der Waals surface area contributed by atoms with Gasteiger partial charge in [-0.25, -0.2) is 9.78 Å². The van der Waals surface area contributed by atoms with E-state index >= 15 is 0 Å². The third-order valence-electron chi connectivity index (χ3n) is 5.49. The van der Waals surface area contributed by atoms with Crippen molar-refractivity contribution < 1.29 is 4.79 Å². The van der Waals surface area contributed by atoms with Crippen LogP contribution in [0.3, 0.4) is 0 Å². The number of aryl methyl sites for hydroxylation is 1. The van der Waals surface area contributed by atoms with Crippen molar-refractivity contribution in [2.45, 2.75) is 38.1 Å². The van der Waals surface area contributed by atoms with E-state index in [0.29, 0.717) is 0 Å². The van der Waals surface area contributed by atoms with Crippen LogP contribution in [0.2, 0.25) is 0 Å². The minimum absolute atomic E-state index is 0.00772. The van der Waals surface area contributed by atoms with Crippen molar-refractivity contribution in [2.75, 3.05) is 13.1 Å². The normalized spacial score (nSPS) is 19.0. The number of amides is 2. The highest BCUT2D eigenvalue weighted by Crippen LogP contribution is 2.43. The summed E-state index contributed by atoms with van der Waals surface area (Å²) in [5.74, 6) is 0.798. The van der Waals surface area contributed by atoms with Crippen molar-refractivity contribution in [3.63, 3.8) is 0 Å². The lowest BCUT2D eigenvalue weighted by Crippen LogP contribution is -2.48. The van der Waals surface area contributed by atoms with Crippen LogP contribution >= 0.6 is 0 Å². The molecule has 0 bridgehead atoms. The summed E-state index contributed by atoms with van der Waals surface area (Å²) < 4.78 is 0. The van der Waals surface area contributed by atoms with Gasteiger partial charge in [-0.3, -0.25) is 0 Å². The predicted molar refractivity (Wildman–Crippen MR) is 98.2 cm³/mol. The van der Waals surface area contributed by atoms with Crippen molar-refractivity contribution in [1.82, 2.24) is 20.2 Å². The fourth-order valence-corrected chi connectivity index (χ4v) is 3.98. The Labute approximate surface area is 148 Å². The molecule has 2 amide bonds. The number of hydrogen-bond donors (Lipinski definition) is 2. The van der Waals surface area contributed by atoms with Gasteiger partial charge in [-0.05, 0) is 37.8 Å². The number of rotatable bonds is 2. The third kappa shape index (κ3) is 2.84. The van der Waals surface area contributed by atoms with Gasteiger partial charge in [0.1, 0.15) is 5.82 Å². The van der Waals surface area contributed by atoms with Crippen LogP contribution in [0.4, 0.5) is 4.79 Å². The minimum atomic E-state index is -0.121. The summed E-state index contributed by atoms with van der Waals surface area (Å²) in [4.78, 5) is 22.0. The molecular weight excluding hydrogens is 312 g/mol. The number of piperidine rings is 1. The second-order valence-electron chi connectivity index (χ2n) is 7.19. The topological polar surface area (TPSA) is 61.0 Å². The zero-order valence-electron chi connectivity index (χ0n) is 14.7. The number of urea groups is 1. The van der Waals surface area contributed by atoms with Crippen molar-refractivity contribution >= 4 is 12.1 Å². The van der Waals surface area contributed by atoms with E-state index in [1.54, 1.807) is 6.20 Å². The summed E-state index contributed by atoms with van der Waals surface area (Å²) in [6.07, 6.45) is 8.30. The number of benzene rings is 1. The van der Waals surface area contributed by atoms with Crippen LogP contribution in [-0.2, 0) is 5.41 Å². The van der Waals surface area contributed by atoms with E-state index < -0.39 is 0 Å². The second kappa shape index (κ2) is 6.06. The maximum Gasteiger partial charge on any atom is 0.317 e. The summed E-state index contributed by atoms with van der Waals surface area (Å²) in [5.41, 5.74) is 3.84. The summed E-state index contributed by atoms with van der Waals surface area (Å²) in [6, 6.07) is 8.47. The van der Waals surface area contributed by atoms with Gasteiger partial charge in [-0.2, -0.15) is 0 Å². The number of fused-ring (bicyclic) bond motifs is 2. The monoisotopic (exact) mass is 336 g/mol. The van der Waals surface area contributed by atoms with Crippen LogP contribution in [0.25, 0.3) is 6.08 Å². The number of hydrogen-bond acceptors (Lipinski definition) is 2. The van der Waals surface area contributed by atoms with Crippen LogP contribution in [-0.4, -0.2) is 34.0 Å². The quantitative estimate of drug-likeness (QED) is 0.881. The zero-order valence-corrected chi connectivity index (χ0v) is 14.7. The molecule has 2 aromatic rings. The first-order valence-electron chi connectivity index (χ1n) is 8.93. The molecule has 2 N–H and O–H groups in total. The second-order valence-corrected chi connectivity index (χ2v) is 7.19. The van der Waals surface area contributed by atoms with E-state index in [-0.39, 0.29) is 17.5 Å². The average molecular weight is 336 g/mol. The molecule has 5 heteroatoms. The Morgan fingerprint density at radius 2 is 2.08 bits per heavy atom.